The lowest BCUT2D eigenvalue weighted by Crippen LogP contribution is -2.42. The Balaban J connectivity index is 0.704. The number of rotatable bonds is 12. The van der Waals surface area contributed by atoms with E-state index in [-0.39, 0.29) is 0 Å². The number of aryl methyl sites for hydroxylation is 2. The van der Waals surface area contributed by atoms with Gasteiger partial charge < -0.3 is 19.6 Å². The fraction of sp³-hybridized carbons (Fsp3) is 0.254. The summed E-state index contributed by atoms with van der Waals surface area (Å²) in [6.07, 6.45) is 4.03. The summed E-state index contributed by atoms with van der Waals surface area (Å²) in [6.45, 7) is 16.8. The summed E-state index contributed by atoms with van der Waals surface area (Å²) in [5.74, 6) is 3.91. The summed E-state index contributed by atoms with van der Waals surface area (Å²) in [6, 6.07) is 57.5. The SMILES string of the molecule is Cc1c(Cc2cc(C)[n+](Cc3ccc(CN4/C(=N/N=C5\Cc6ccccc6N5C)Cc5ccccc54)cc3)c(C)c2C)cc(C)[n+](Cc2ccc(CN3/C(=N\N=C4/Cc5ccccc5N4C)Cc4ccccc43)cc2)c1C. The molecule has 12 rings (SSSR count). The molecule has 10 heteroatoms. The van der Waals surface area contributed by atoms with Gasteiger partial charge in [-0.1, -0.05) is 121 Å². The van der Waals surface area contributed by atoms with Gasteiger partial charge in [-0.2, -0.15) is 9.13 Å². The molecule has 384 valence electrons. The van der Waals surface area contributed by atoms with Gasteiger partial charge in [-0.05, 0) is 89.0 Å². The maximum absolute atomic E-state index is 4.91. The molecule has 6 aromatic carbocycles. The predicted molar refractivity (Wildman–Crippen MR) is 315 cm³/mol. The first kappa shape index (κ1) is 49.4. The summed E-state index contributed by atoms with van der Waals surface area (Å²) in [4.78, 5) is 9.00. The molecule has 6 heterocycles. The Labute approximate surface area is 454 Å². The van der Waals surface area contributed by atoms with Gasteiger partial charge in [-0.3, -0.25) is 0 Å². The summed E-state index contributed by atoms with van der Waals surface area (Å²) < 4.78 is 4.95. The molecule has 0 atom stereocenters. The van der Waals surface area contributed by atoms with Crippen molar-refractivity contribution in [2.45, 2.75) is 99.8 Å². The predicted octanol–water partition coefficient (Wildman–Crippen LogP) is 11.7. The number of pyridine rings is 2. The van der Waals surface area contributed by atoms with Crippen LogP contribution in [0.2, 0.25) is 0 Å². The van der Waals surface area contributed by atoms with Gasteiger partial charge in [-0.15, -0.1) is 20.4 Å². The molecule has 4 aliphatic rings. The Morgan fingerprint density at radius 2 is 0.688 bits per heavy atom. The molecular weight excluding hydrogens is 945 g/mol. The van der Waals surface area contributed by atoms with E-state index in [2.05, 4.69) is 242 Å². The lowest BCUT2D eigenvalue weighted by molar-refractivity contribution is -0.700. The van der Waals surface area contributed by atoms with Crippen molar-refractivity contribution in [2.24, 2.45) is 20.4 Å². The molecule has 0 amide bonds. The molecule has 77 heavy (non-hydrogen) atoms. The van der Waals surface area contributed by atoms with Crippen LogP contribution in [0.4, 0.5) is 22.7 Å². The fourth-order valence-electron chi connectivity index (χ4n) is 12.0. The smallest absolute Gasteiger partial charge is 0.181 e. The number of para-hydroxylation sites is 4. The highest BCUT2D eigenvalue weighted by Gasteiger charge is 2.30. The van der Waals surface area contributed by atoms with Crippen LogP contribution in [-0.2, 0) is 58.3 Å². The number of hydrogen-bond acceptors (Lipinski definition) is 4. The second-order valence-corrected chi connectivity index (χ2v) is 21.6. The van der Waals surface area contributed by atoms with E-state index >= 15 is 0 Å². The molecule has 2 aromatic heterocycles. The highest BCUT2D eigenvalue weighted by molar-refractivity contribution is 6.09. The van der Waals surface area contributed by atoms with Crippen molar-refractivity contribution in [3.05, 3.63) is 247 Å². The molecule has 0 bridgehead atoms. The lowest BCUT2D eigenvalue weighted by atomic mass is 9.95. The van der Waals surface area contributed by atoms with E-state index < -0.39 is 0 Å². The van der Waals surface area contributed by atoms with Crippen LogP contribution in [0.25, 0.3) is 0 Å². The van der Waals surface area contributed by atoms with Gasteiger partial charge in [0.25, 0.3) is 0 Å². The van der Waals surface area contributed by atoms with E-state index in [1.54, 1.807) is 0 Å². The Morgan fingerprint density at radius 1 is 0.377 bits per heavy atom. The van der Waals surface area contributed by atoms with Crippen LogP contribution < -0.4 is 28.7 Å². The van der Waals surface area contributed by atoms with E-state index in [9.17, 15) is 0 Å². The number of fused-ring (bicyclic) bond motifs is 4. The normalized spacial score (nSPS) is 16.6. The van der Waals surface area contributed by atoms with Crippen molar-refractivity contribution in [3.63, 3.8) is 0 Å². The maximum Gasteiger partial charge on any atom is 0.181 e. The van der Waals surface area contributed by atoms with E-state index in [0.29, 0.717) is 0 Å². The van der Waals surface area contributed by atoms with E-state index in [1.807, 2.05) is 0 Å². The quantitative estimate of drug-likeness (QED) is 0.0903. The zero-order valence-electron chi connectivity index (χ0n) is 45.8. The van der Waals surface area contributed by atoms with Crippen LogP contribution in [0.5, 0.6) is 0 Å². The van der Waals surface area contributed by atoms with Crippen molar-refractivity contribution in [1.82, 2.24) is 0 Å². The molecule has 10 nitrogen and oxygen atoms in total. The van der Waals surface area contributed by atoms with Crippen molar-refractivity contribution in [1.29, 1.82) is 0 Å². The second-order valence-electron chi connectivity index (χ2n) is 21.6. The van der Waals surface area contributed by atoms with Gasteiger partial charge in [0.05, 0.1) is 0 Å². The van der Waals surface area contributed by atoms with Gasteiger partial charge in [-0.25, -0.2) is 0 Å². The largest absolute Gasteiger partial charge is 0.331 e. The van der Waals surface area contributed by atoms with Crippen LogP contribution in [0.1, 0.15) is 89.5 Å². The highest BCUT2D eigenvalue weighted by atomic mass is 15.4. The Hall–Kier alpha value is -8.50. The average molecular weight is 1010 g/mol. The number of aromatic nitrogens is 2. The molecule has 4 aliphatic heterocycles. The summed E-state index contributed by atoms with van der Waals surface area (Å²) in [5, 5.41) is 19.5. The van der Waals surface area contributed by atoms with E-state index in [0.717, 1.165) is 81.6 Å². The first-order valence-electron chi connectivity index (χ1n) is 27.2. The molecule has 8 aromatic rings. The van der Waals surface area contributed by atoms with Crippen LogP contribution in [0.3, 0.4) is 0 Å². The van der Waals surface area contributed by atoms with Gasteiger partial charge in [0, 0.05) is 138 Å². The van der Waals surface area contributed by atoms with E-state index in [1.165, 1.54) is 112 Å². The Bertz CT molecular complexity index is 3490. The third-order valence-corrected chi connectivity index (χ3v) is 16.9. The van der Waals surface area contributed by atoms with Gasteiger partial charge in [0.1, 0.15) is 23.3 Å². The monoisotopic (exact) mass is 1010 g/mol. The minimum Gasteiger partial charge on any atom is -0.331 e. The number of benzene rings is 6. The maximum atomic E-state index is 4.91. The third-order valence-electron chi connectivity index (χ3n) is 16.9. The minimum atomic E-state index is 0.737. The van der Waals surface area contributed by atoms with Gasteiger partial charge in [0.2, 0.25) is 0 Å². The zero-order valence-corrected chi connectivity index (χ0v) is 45.8. The lowest BCUT2D eigenvalue weighted by Gasteiger charge is -2.20. The molecule has 0 aliphatic carbocycles. The number of nitrogens with zero attached hydrogens (tertiary/aromatic N) is 10. The third kappa shape index (κ3) is 9.62. The number of amidine groups is 4. The minimum absolute atomic E-state index is 0.737. The zero-order chi connectivity index (χ0) is 52.9. The Kier molecular flexibility index (Phi) is 13.2. The molecule has 0 unspecified atom stereocenters. The molecular formula is C67H68N10+2. The summed E-state index contributed by atoms with van der Waals surface area (Å²) >= 11 is 0. The van der Waals surface area contributed by atoms with Crippen LogP contribution in [0.15, 0.2) is 178 Å². The van der Waals surface area contributed by atoms with Crippen LogP contribution >= 0.6 is 0 Å². The Morgan fingerprint density at radius 3 is 1.06 bits per heavy atom. The summed E-state index contributed by atoms with van der Waals surface area (Å²) in [5.41, 5.74) is 25.7. The average Bonchev–Trinajstić information content (AvgIpc) is 4.21. The number of anilines is 4. The first-order valence-corrected chi connectivity index (χ1v) is 27.2. The molecule has 0 radical (unpaired) electrons. The van der Waals surface area contributed by atoms with Crippen LogP contribution in [0, 0.1) is 41.5 Å². The molecule has 0 saturated heterocycles. The topological polar surface area (TPSA) is 70.2 Å². The molecule has 0 fully saturated rings. The van der Waals surface area contributed by atoms with Crippen molar-refractivity contribution < 1.29 is 9.13 Å². The van der Waals surface area contributed by atoms with Gasteiger partial charge in [0.15, 0.2) is 35.9 Å². The van der Waals surface area contributed by atoms with Crippen molar-refractivity contribution in [2.75, 3.05) is 33.7 Å². The molecule has 0 spiro atoms. The highest BCUT2D eigenvalue weighted by Crippen LogP contribution is 2.34. The molecule has 0 N–H and O–H groups in total. The fourth-order valence-corrected chi connectivity index (χ4v) is 12.0. The standard InChI is InChI=1S/C67H68N10/c1-44-33-58(46(3)48(5)74(44)40-50-25-29-52(30-26-50)42-76-62-23-15-11-19-56(62)38-66(76)70-68-64-36-54-17-9-13-21-60(54)72(64)7)35-59-34-45(2)75(49(6)47(59)4)41-51-27-31-53(32-28-51)43-77-63-24-16-12-20-57(63)39-67(77)71-69-65-37-55-18-10-14-22-61(55)73(65)8/h9-34H,35-43H2,1-8H3/q+2/b68-64+,69-65+,70-66-,71-67+. The molecule has 0 saturated carbocycles. The van der Waals surface area contributed by atoms with Crippen LogP contribution in [-0.4, -0.2) is 37.4 Å². The van der Waals surface area contributed by atoms with Gasteiger partial charge >= 0.3 is 0 Å². The van der Waals surface area contributed by atoms with Crippen molar-refractivity contribution >= 4 is 46.1 Å². The first-order chi connectivity index (χ1) is 37.4. The van der Waals surface area contributed by atoms with E-state index in [4.69, 9.17) is 20.4 Å². The second kappa shape index (κ2) is 20.6. The summed E-state index contributed by atoms with van der Waals surface area (Å²) in [7, 11) is 4.17. The number of likely N-dealkylation sites (N-methyl/N-ethyl adjacent to an activating group) is 2. The number of hydrogen-bond donors (Lipinski definition) is 0. The van der Waals surface area contributed by atoms with Crippen molar-refractivity contribution in [3.8, 4) is 0 Å².